The van der Waals surface area contributed by atoms with Crippen LogP contribution in [0.1, 0.15) is 56.2 Å². The minimum Gasteiger partial charge on any atom is -0.385 e. The standard InChI is InChI=1S/C19H28F5N3O4S.C4H10O/c1-31-11-7-16(17(25)28)32(29,30)27-9-5-14(6-10-27)15-3-2-13(12-26-15)4-8-18(20,21)19(22,23)24;1-3-4-5-2/h2-3,12,14,16,29-30H,4-11H2,1H3,(H2,25,28);3-4H2,1-2H3. The predicted octanol–water partition coefficient (Wildman–Crippen LogP) is 4.99. The lowest BCUT2D eigenvalue weighted by molar-refractivity contribution is -0.284. The molecule has 0 aromatic carbocycles. The van der Waals surface area contributed by atoms with E-state index in [4.69, 9.17) is 15.2 Å². The molecule has 2 rings (SSSR count). The van der Waals surface area contributed by atoms with Gasteiger partial charge in [0.15, 0.2) is 0 Å². The summed E-state index contributed by atoms with van der Waals surface area (Å²) in [5.41, 5.74) is 6.25. The molecular weight excluding hydrogens is 525 g/mol. The number of halogens is 5. The number of hydrogen-bond donors (Lipinski definition) is 3. The van der Waals surface area contributed by atoms with Crippen LogP contribution in [0.5, 0.6) is 0 Å². The van der Waals surface area contributed by atoms with Crippen molar-refractivity contribution in [1.29, 1.82) is 0 Å². The number of amides is 1. The number of carbonyl (C=O) groups excluding carboxylic acids is 1. The molecule has 1 atom stereocenters. The smallest absolute Gasteiger partial charge is 0.385 e. The van der Waals surface area contributed by atoms with E-state index in [1.807, 2.05) is 0 Å². The fourth-order valence-corrected chi connectivity index (χ4v) is 5.59. The Balaban J connectivity index is 0.00000124. The molecule has 1 aromatic rings. The van der Waals surface area contributed by atoms with Crippen molar-refractivity contribution in [2.45, 2.75) is 68.7 Å². The SMILES string of the molecule is CCCOC.COCCC(C(N)=O)S(O)(O)N1CCC(c2ccc(CCC(F)(F)C(F)(F)F)cn2)CC1. The Morgan fingerprint density at radius 3 is 2.16 bits per heavy atom. The quantitative estimate of drug-likeness (QED) is 0.307. The first-order valence-corrected chi connectivity index (χ1v) is 13.5. The fourth-order valence-electron chi connectivity index (χ4n) is 3.75. The number of rotatable bonds is 12. The first kappa shape index (κ1) is 33.4. The Morgan fingerprint density at radius 1 is 1.16 bits per heavy atom. The summed E-state index contributed by atoms with van der Waals surface area (Å²) < 4.78 is 95.2. The van der Waals surface area contributed by atoms with E-state index in [-0.39, 0.29) is 37.6 Å². The molecule has 216 valence electrons. The first-order valence-electron chi connectivity index (χ1n) is 11.9. The van der Waals surface area contributed by atoms with Gasteiger partial charge in [0.2, 0.25) is 5.91 Å². The van der Waals surface area contributed by atoms with E-state index >= 15 is 0 Å². The molecule has 1 aliphatic rings. The van der Waals surface area contributed by atoms with E-state index in [1.54, 1.807) is 13.2 Å². The number of alkyl halides is 5. The second-order valence-corrected chi connectivity index (χ2v) is 10.9. The molecule has 2 heterocycles. The fraction of sp³-hybridized carbons (Fsp3) is 0.739. The number of pyridine rings is 1. The molecule has 0 aliphatic carbocycles. The van der Waals surface area contributed by atoms with Crippen LogP contribution in [0.2, 0.25) is 0 Å². The molecule has 1 aromatic heterocycles. The van der Waals surface area contributed by atoms with Gasteiger partial charge in [0.25, 0.3) is 0 Å². The molecule has 1 saturated heterocycles. The highest BCUT2D eigenvalue weighted by Crippen LogP contribution is 2.51. The number of ether oxygens (including phenoxy) is 2. The lowest BCUT2D eigenvalue weighted by Gasteiger charge is -2.49. The Bertz CT molecular complexity index is 805. The molecule has 1 fully saturated rings. The zero-order chi connectivity index (χ0) is 28.3. The molecule has 4 N–H and O–H groups in total. The summed E-state index contributed by atoms with van der Waals surface area (Å²) in [6.45, 7) is 3.66. The van der Waals surface area contributed by atoms with Crippen molar-refractivity contribution in [3.05, 3.63) is 29.6 Å². The molecule has 1 aliphatic heterocycles. The number of aromatic nitrogens is 1. The highest BCUT2D eigenvalue weighted by Gasteiger charge is 2.56. The van der Waals surface area contributed by atoms with Gasteiger partial charge in [-0.1, -0.05) is 13.0 Å². The van der Waals surface area contributed by atoms with Crippen molar-refractivity contribution in [3.8, 4) is 0 Å². The van der Waals surface area contributed by atoms with Crippen LogP contribution in [0.3, 0.4) is 0 Å². The van der Waals surface area contributed by atoms with Gasteiger partial charge in [-0.05, 0) is 37.3 Å². The largest absolute Gasteiger partial charge is 0.453 e. The molecule has 0 spiro atoms. The number of aryl methyl sites for hydroxylation is 1. The van der Waals surface area contributed by atoms with Gasteiger partial charge < -0.3 is 15.2 Å². The Labute approximate surface area is 216 Å². The molecule has 14 heteroatoms. The third-order valence-corrected chi connectivity index (χ3v) is 8.29. The van der Waals surface area contributed by atoms with E-state index < -0.39 is 46.9 Å². The zero-order valence-electron chi connectivity index (χ0n) is 21.3. The highest BCUT2D eigenvalue weighted by molar-refractivity contribution is 8.23. The summed E-state index contributed by atoms with van der Waals surface area (Å²) >= 11 is 0. The maximum atomic E-state index is 13.1. The molecule has 8 nitrogen and oxygen atoms in total. The zero-order valence-corrected chi connectivity index (χ0v) is 22.2. The molecule has 0 bridgehead atoms. The van der Waals surface area contributed by atoms with Gasteiger partial charge in [0.1, 0.15) is 5.25 Å². The van der Waals surface area contributed by atoms with E-state index in [0.29, 0.717) is 18.5 Å². The summed E-state index contributed by atoms with van der Waals surface area (Å²) in [7, 11) is -0.308. The summed E-state index contributed by atoms with van der Waals surface area (Å²) in [4.78, 5) is 15.9. The summed E-state index contributed by atoms with van der Waals surface area (Å²) in [5.74, 6) is -5.64. The van der Waals surface area contributed by atoms with Crippen molar-refractivity contribution in [3.63, 3.8) is 0 Å². The number of nitrogens with two attached hydrogens (primary N) is 1. The van der Waals surface area contributed by atoms with Crippen molar-refractivity contribution < 1.29 is 45.3 Å². The van der Waals surface area contributed by atoms with Crippen molar-refractivity contribution >= 4 is 16.7 Å². The average molecular weight is 564 g/mol. The molecule has 1 amide bonds. The minimum atomic E-state index is -5.58. The van der Waals surface area contributed by atoms with Crippen LogP contribution >= 0.6 is 10.8 Å². The minimum absolute atomic E-state index is 0.0573. The van der Waals surface area contributed by atoms with Crippen molar-refractivity contribution in [1.82, 2.24) is 9.29 Å². The number of carbonyl (C=O) groups is 1. The molecule has 37 heavy (non-hydrogen) atoms. The van der Waals surface area contributed by atoms with Crippen LogP contribution < -0.4 is 5.73 Å². The second kappa shape index (κ2) is 15.1. The van der Waals surface area contributed by atoms with Gasteiger partial charge in [-0.25, -0.2) is 4.31 Å². The molecule has 0 radical (unpaired) electrons. The van der Waals surface area contributed by atoms with E-state index in [9.17, 15) is 35.9 Å². The van der Waals surface area contributed by atoms with Crippen LogP contribution in [0.25, 0.3) is 0 Å². The maximum Gasteiger partial charge on any atom is 0.453 e. The molecular formula is C23H38F5N3O5S. The van der Waals surface area contributed by atoms with Gasteiger partial charge in [-0.3, -0.25) is 18.9 Å². The lowest BCUT2D eigenvalue weighted by Crippen LogP contribution is -2.45. The Hall–Kier alpha value is -1.58. The predicted molar refractivity (Wildman–Crippen MR) is 132 cm³/mol. The Morgan fingerprint density at radius 2 is 1.76 bits per heavy atom. The lowest BCUT2D eigenvalue weighted by atomic mass is 9.93. The number of piperidine rings is 1. The summed E-state index contributed by atoms with van der Waals surface area (Å²) in [5, 5.41) is -1.16. The maximum absolute atomic E-state index is 13.1. The third-order valence-electron chi connectivity index (χ3n) is 5.93. The molecule has 0 saturated carbocycles. The monoisotopic (exact) mass is 563 g/mol. The summed E-state index contributed by atoms with van der Waals surface area (Å²) in [6, 6.07) is 3.06. The first-order chi connectivity index (χ1) is 17.2. The van der Waals surface area contributed by atoms with Gasteiger partial charge in [-0.2, -0.15) is 22.0 Å². The van der Waals surface area contributed by atoms with E-state index in [2.05, 4.69) is 11.9 Å². The third kappa shape index (κ3) is 10.2. The highest BCUT2D eigenvalue weighted by atomic mass is 32.3. The van der Waals surface area contributed by atoms with E-state index in [0.717, 1.165) is 13.0 Å². The van der Waals surface area contributed by atoms with E-state index in [1.165, 1.54) is 23.7 Å². The van der Waals surface area contributed by atoms with Crippen molar-refractivity contribution in [2.75, 3.05) is 40.5 Å². The van der Waals surface area contributed by atoms with Crippen LogP contribution in [0.15, 0.2) is 18.3 Å². The van der Waals surface area contributed by atoms with Crippen molar-refractivity contribution in [2.24, 2.45) is 5.73 Å². The van der Waals surface area contributed by atoms with Gasteiger partial charge in [0, 0.05) is 71.2 Å². The number of methoxy groups -OCH3 is 2. The van der Waals surface area contributed by atoms with Gasteiger partial charge in [-0.15, -0.1) is 10.8 Å². The molecule has 1 unspecified atom stereocenters. The van der Waals surface area contributed by atoms with Crippen LogP contribution in [-0.4, -0.2) is 82.2 Å². The number of primary amides is 1. The number of hydrogen-bond acceptors (Lipinski definition) is 7. The van der Waals surface area contributed by atoms with Gasteiger partial charge >= 0.3 is 12.1 Å². The Kier molecular flexibility index (Phi) is 13.7. The number of nitrogens with zero attached hydrogens (tertiary/aromatic N) is 2. The van der Waals surface area contributed by atoms with Gasteiger partial charge in [0.05, 0.1) is 0 Å². The summed E-state index contributed by atoms with van der Waals surface area (Å²) in [6.07, 6.45) is -3.93. The second-order valence-electron chi connectivity index (χ2n) is 8.72. The van der Waals surface area contributed by atoms with Crippen LogP contribution in [0, 0.1) is 0 Å². The normalized spacial score (nSPS) is 17.1. The topological polar surface area (TPSA) is 118 Å². The average Bonchev–Trinajstić information content (AvgIpc) is 2.83. The van der Waals surface area contributed by atoms with Crippen LogP contribution in [0.4, 0.5) is 22.0 Å². The van der Waals surface area contributed by atoms with Crippen LogP contribution in [-0.2, 0) is 20.7 Å².